The number of hydrogen-bond acceptors (Lipinski definition) is 2. The van der Waals surface area contributed by atoms with Crippen molar-refractivity contribution in [3.63, 3.8) is 0 Å². The molecule has 0 radical (unpaired) electrons. The summed E-state index contributed by atoms with van der Waals surface area (Å²) in [5.74, 6) is 0.714. The van der Waals surface area contributed by atoms with Gasteiger partial charge in [-0.3, -0.25) is 0 Å². The van der Waals surface area contributed by atoms with Crippen molar-refractivity contribution in [2.45, 2.75) is 10.6 Å². The van der Waals surface area contributed by atoms with Crippen LogP contribution in [0.3, 0.4) is 0 Å². The molecule has 2 rings (SSSR count). The van der Waals surface area contributed by atoms with Crippen LogP contribution in [0.5, 0.6) is 0 Å². The highest BCUT2D eigenvalue weighted by atomic mass is 35.5. The van der Waals surface area contributed by atoms with E-state index in [1.165, 1.54) is 0 Å². The Morgan fingerprint density at radius 1 is 1.06 bits per heavy atom. The average molecular weight is 319 g/mol. The van der Waals surface area contributed by atoms with E-state index in [0.717, 1.165) is 10.5 Å². The summed E-state index contributed by atoms with van der Waals surface area (Å²) in [6.07, 6.45) is 0. The summed E-state index contributed by atoms with van der Waals surface area (Å²) >= 11 is 19.5. The van der Waals surface area contributed by atoms with Gasteiger partial charge in [0.15, 0.2) is 0 Å². The van der Waals surface area contributed by atoms with Crippen molar-refractivity contribution in [1.29, 1.82) is 0 Å². The van der Waals surface area contributed by atoms with Gasteiger partial charge in [-0.1, -0.05) is 46.9 Å². The number of rotatable bonds is 3. The van der Waals surface area contributed by atoms with Crippen LogP contribution in [0, 0.1) is 0 Å². The highest BCUT2D eigenvalue weighted by Gasteiger charge is 2.06. The van der Waals surface area contributed by atoms with E-state index in [1.807, 2.05) is 24.3 Å². The predicted octanol–water partition coefficient (Wildman–Crippen LogP) is 5.52. The molecule has 0 heterocycles. The maximum atomic E-state index is 6.13. The second-order valence-electron chi connectivity index (χ2n) is 3.68. The van der Waals surface area contributed by atoms with Crippen LogP contribution in [0.25, 0.3) is 0 Å². The SMILES string of the molecule is Nc1cc(Cl)ccc1SCc1cccc(Cl)c1Cl. The molecule has 0 unspecified atom stereocenters. The molecule has 0 aliphatic heterocycles. The molecule has 0 aliphatic carbocycles. The summed E-state index contributed by atoms with van der Waals surface area (Å²) in [5, 5.41) is 1.80. The zero-order chi connectivity index (χ0) is 13.1. The fraction of sp³-hybridized carbons (Fsp3) is 0.0769. The first-order chi connectivity index (χ1) is 8.58. The zero-order valence-electron chi connectivity index (χ0n) is 9.29. The second kappa shape index (κ2) is 6.07. The molecule has 2 N–H and O–H groups in total. The summed E-state index contributed by atoms with van der Waals surface area (Å²) in [6.45, 7) is 0. The number of hydrogen-bond donors (Lipinski definition) is 1. The van der Waals surface area contributed by atoms with Gasteiger partial charge in [-0.15, -0.1) is 11.8 Å². The topological polar surface area (TPSA) is 26.0 Å². The molecule has 0 atom stereocenters. The van der Waals surface area contributed by atoms with E-state index in [2.05, 4.69) is 0 Å². The Kier molecular flexibility index (Phi) is 4.68. The number of anilines is 1. The first-order valence-corrected chi connectivity index (χ1v) is 7.30. The van der Waals surface area contributed by atoms with E-state index in [9.17, 15) is 0 Å². The number of nitrogen functional groups attached to an aromatic ring is 1. The highest BCUT2D eigenvalue weighted by Crippen LogP contribution is 2.34. The normalized spacial score (nSPS) is 10.6. The number of halogens is 3. The van der Waals surface area contributed by atoms with Crippen molar-refractivity contribution in [2.75, 3.05) is 5.73 Å². The standard InChI is InChI=1S/C13H10Cl3NS/c14-9-4-5-12(11(17)6-9)18-7-8-2-1-3-10(15)13(8)16/h1-6H,7,17H2. The van der Waals surface area contributed by atoms with Gasteiger partial charge in [0.1, 0.15) is 0 Å². The molecule has 0 amide bonds. The number of nitrogens with two attached hydrogens (primary N) is 1. The number of benzene rings is 2. The molecule has 94 valence electrons. The minimum Gasteiger partial charge on any atom is -0.398 e. The third-order valence-corrected chi connectivity index (χ3v) is 4.62. The van der Waals surface area contributed by atoms with Gasteiger partial charge < -0.3 is 5.73 Å². The van der Waals surface area contributed by atoms with E-state index in [-0.39, 0.29) is 0 Å². The molecule has 2 aromatic carbocycles. The molecule has 0 aromatic heterocycles. The first kappa shape index (κ1) is 13.9. The van der Waals surface area contributed by atoms with E-state index < -0.39 is 0 Å². The Hall–Kier alpha value is -0.540. The largest absolute Gasteiger partial charge is 0.398 e. The Bertz CT molecular complexity index is 572. The van der Waals surface area contributed by atoms with Crippen LogP contribution in [0.2, 0.25) is 15.1 Å². The van der Waals surface area contributed by atoms with Crippen molar-refractivity contribution < 1.29 is 0 Å². The van der Waals surface area contributed by atoms with Crippen molar-refractivity contribution in [1.82, 2.24) is 0 Å². The quantitative estimate of drug-likeness (QED) is 0.595. The maximum Gasteiger partial charge on any atom is 0.0632 e. The maximum absolute atomic E-state index is 6.13. The Balaban J connectivity index is 2.14. The molecule has 18 heavy (non-hydrogen) atoms. The van der Waals surface area contributed by atoms with Crippen LogP contribution in [0.1, 0.15) is 5.56 Å². The van der Waals surface area contributed by atoms with Crippen LogP contribution in [0.15, 0.2) is 41.3 Å². The summed E-state index contributed by atoms with van der Waals surface area (Å²) in [7, 11) is 0. The van der Waals surface area contributed by atoms with Crippen LogP contribution >= 0.6 is 46.6 Å². The van der Waals surface area contributed by atoms with Crippen LogP contribution in [-0.2, 0) is 5.75 Å². The minimum atomic E-state index is 0.568. The average Bonchev–Trinajstić information content (AvgIpc) is 2.33. The third-order valence-electron chi connectivity index (χ3n) is 2.39. The molecule has 0 bridgehead atoms. The summed E-state index contributed by atoms with van der Waals surface area (Å²) in [5.41, 5.74) is 7.55. The van der Waals surface area contributed by atoms with Gasteiger partial charge in [0.05, 0.1) is 10.0 Å². The molecule has 1 nitrogen and oxygen atoms in total. The molecular formula is C13H10Cl3NS. The van der Waals surface area contributed by atoms with E-state index in [1.54, 1.807) is 23.9 Å². The molecule has 0 saturated carbocycles. The highest BCUT2D eigenvalue weighted by molar-refractivity contribution is 7.98. The van der Waals surface area contributed by atoms with Crippen LogP contribution in [0.4, 0.5) is 5.69 Å². The van der Waals surface area contributed by atoms with Gasteiger partial charge in [-0.05, 0) is 29.8 Å². The Morgan fingerprint density at radius 2 is 1.83 bits per heavy atom. The van der Waals surface area contributed by atoms with Gasteiger partial charge >= 0.3 is 0 Å². The van der Waals surface area contributed by atoms with Gasteiger partial charge in [-0.25, -0.2) is 0 Å². The lowest BCUT2D eigenvalue weighted by atomic mass is 10.2. The van der Waals surface area contributed by atoms with Crippen LogP contribution in [-0.4, -0.2) is 0 Å². The van der Waals surface area contributed by atoms with Crippen molar-refractivity contribution in [3.8, 4) is 0 Å². The van der Waals surface area contributed by atoms with Crippen molar-refractivity contribution in [3.05, 3.63) is 57.0 Å². The lowest BCUT2D eigenvalue weighted by molar-refractivity contribution is 1.38. The third kappa shape index (κ3) is 3.27. The van der Waals surface area contributed by atoms with Gasteiger partial charge in [0.2, 0.25) is 0 Å². The minimum absolute atomic E-state index is 0.568. The fourth-order valence-corrected chi connectivity index (χ4v) is 3.05. The zero-order valence-corrected chi connectivity index (χ0v) is 12.4. The first-order valence-electron chi connectivity index (χ1n) is 5.18. The van der Waals surface area contributed by atoms with E-state index >= 15 is 0 Å². The monoisotopic (exact) mass is 317 g/mol. The molecule has 2 aromatic rings. The van der Waals surface area contributed by atoms with Gasteiger partial charge in [0.25, 0.3) is 0 Å². The molecule has 5 heteroatoms. The van der Waals surface area contributed by atoms with E-state index in [4.69, 9.17) is 40.5 Å². The number of thioether (sulfide) groups is 1. The fourth-order valence-electron chi connectivity index (χ4n) is 1.47. The lowest BCUT2D eigenvalue weighted by Crippen LogP contribution is -1.89. The molecular weight excluding hydrogens is 309 g/mol. The van der Waals surface area contributed by atoms with E-state index in [0.29, 0.717) is 26.5 Å². The predicted molar refractivity (Wildman–Crippen MR) is 81.9 cm³/mol. The molecule has 0 fully saturated rings. The Labute approximate surface area is 125 Å². The van der Waals surface area contributed by atoms with Crippen LogP contribution < -0.4 is 5.73 Å². The molecule has 0 aliphatic rings. The Morgan fingerprint density at radius 3 is 2.56 bits per heavy atom. The smallest absolute Gasteiger partial charge is 0.0632 e. The molecule has 0 saturated heterocycles. The summed E-state index contributed by atoms with van der Waals surface area (Å²) < 4.78 is 0. The second-order valence-corrected chi connectivity index (χ2v) is 5.92. The summed E-state index contributed by atoms with van der Waals surface area (Å²) in [4.78, 5) is 0.982. The summed E-state index contributed by atoms with van der Waals surface area (Å²) in [6, 6.07) is 11.1. The lowest BCUT2D eigenvalue weighted by Gasteiger charge is -2.08. The van der Waals surface area contributed by atoms with Crippen molar-refractivity contribution in [2.24, 2.45) is 0 Å². The van der Waals surface area contributed by atoms with Crippen molar-refractivity contribution >= 4 is 52.3 Å². The molecule has 0 spiro atoms. The van der Waals surface area contributed by atoms with Gasteiger partial charge in [-0.2, -0.15) is 0 Å². The van der Waals surface area contributed by atoms with Gasteiger partial charge in [0, 0.05) is 21.4 Å².